The minimum absolute atomic E-state index is 0.0360. The lowest BCUT2D eigenvalue weighted by molar-refractivity contribution is 0.103. The predicted molar refractivity (Wildman–Crippen MR) is 106 cm³/mol. The minimum atomic E-state index is -0.569. The number of phenols is 4. The van der Waals surface area contributed by atoms with E-state index in [-0.39, 0.29) is 35.1 Å². The molecule has 0 aromatic heterocycles. The van der Waals surface area contributed by atoms with Crippen molar-refractivity contribution >= 4 is 17.5 Å². The number of aromatic hydroxyl groups is 4. The second-order valence-electron chi connectivity index (χ2n) is 6.53. The lowest BCUT2D eigenvalue weighted by atomic mass is 10.1. The molecule has 0 atom stereocenters. The van der Waals surface area contributed by atoms with Crippen LogP contribution < -0.4 is 10.1 Å². The molecule has 0 unspecified atom stereocenters. The van der Waals surface area contributed by atoms with Gasteiger partial charge in [-0.25, -0.2) is 0 Å². The van der Waals surface area contributed by atoms with Gasteiger partial charge in [0, 0.05) is 6.07 Å². The van der Waals surface area contributed by atoms with E-state index in [2.05, 4.69) is 5.32 Å². The molecular weight excluding hydrogens is 374 g/mol. The number of carbonyl (C=O) groups is 1. The second kappa shape index (κ2) is 7.12. The molecule has 0 fully saturated rings. The second-order valence-corrected chi connectivity index (χ2v) is 6.53. The Morgan fingerprint density at radius 1 is 0.897 bits per heavy atom. The summed E-state index contributed by atoms with van der Waals surface area (Å²) in [6, 6.07) is 14.9. The van der Waals surface area contributed by atoms with Crippen molar-refractivity contribution in [3.05, 3.63) is 77.0 Å². The number of ether oxygens (including phenoxy) is 1. The van der Waals surface area contributed by atoms with Crippen molar-refractivity contribution in [2.24, 2.45) is 0 Å². The van der Waals surface area contributed by atoms with Gasteiger partial charge in [0.05, 0.1) is 16.9 Å². The quantitative estimate of drug-likeness (QED) is 0.261. The van der Waals surface area contributed by atoms with Crippen molar-refractivity contribution in [1.82, 2.24) is 0 Å². The van der Waals surface area contributed by atoms with E-state index in [0.29, 0.717) is 11.3 Å². The smallest absolute Gasteiger partial charge is 0.215 e. The van der Waals surface area contributed by atoms with E-state index in [1.165, 1.54) is 30.3 Å². The molecule has 3 aromatic rings. The van der Waals surface area contributed by atoms with Crippen LogP contribution in [0.3, 0.4) is 0 Å². The van der Waals surface area contributed by atoms with Gasteiger partial charge in [0.2, 0.25) is 11.5 Å². The van der Waals surface area contributed by atoms with Crippen molar-refractivity contribution in [2.75, 3.05) is 5.32 Å². The van der Waals surface area contributed by atoms with E-state index in [1.54, 1.807) is 0 Å². The molecule has 0 aliphatic carbocycles. The first kappa shape index (κ1) is 18.2. The van der Waals surface area contributed by atoms with E-state index in [9.17, 15) is 25.2 Å². The number of fused-ring (bicyclic) bond motifs is 1. The monoisotopic (exact) mass is 391 g/mol. The van der Waals surface area contributed by atoms with Crippen LogP contribution in [0.4, 0.5) is 5.69 Å². The number of Topliss-reactive ketones (excluding diaryl/α,β-unsaturated/α-hetero) is 1. The highest BCUT2D eigenvalue weighted by Crippen LogP contribution is 2.47. The summed E-state index contributed by atoms with van der Waals surface area (Å²) in [5.41, 5.74) is 1.71. The van der Waals surface area contributed by atoms with Crippen LogP contribution >= 0.6 is 0 Å². The zero-order valence-corrected chi connectivity index (χ0v) is 15.1. The van der Waals surface area contributed by atoms with Gasteiger partial charge in [0.1, 0.15) is 6.61 Å². The van der Waals surface area contributed by atoms with Crippen molar-refractivity contribution in [1.29, 1.82) is 0 Å². The SMILES string of the molecule is O=C1/C(=C\c2ccc(O)c(O)c2)Nc2cc(OCc3ccccc3)c(O)c(O)c21. The predicted octanol–water partition coefficient (Wildman–Crippen LogP) is 3.74. The lowest BCUT2D eigenvalue weighted by Crippen LogP contribution is -2.00. The molecule has 0 saturated carbocycles. The topological polar surface area (TPSA) is 119 Å². The molecule has 1 aliphatic heterocycles. The first-order valence-electron chi connectivity index (χ1n) is 8.75. The summed E-state index contributed by atoms with van der Waals surface area (Å²) in [6.45, 7) is 0.177. The van der Waals surface area contributed by atoms with Crippen LogP contribution in [0, 0.1) is 0 Å². The molecule has 4 rings (SSSR count). The molecule has 5 N–H and O–H groups in total. The molecule has 146 valence electrons. The number of rotatable bonds is 4. The normalized spacial score (nSPS) is 13.9. The van der Waals surface area contributed by atoms with Crippen LogP contribution in [-0.2, 0) is 6.61 Å². The van der Waals surface area contributed by atoms with Gasteiger partial charge >= 0.3 is 0 Å². The zero-order chi connectivity index (χ0) is 20.5. The first-order chi connectivity index (χ1) is 13.9. The molecule has 0 amide bonds. The van der Waals surface area contributed by atoms with E-state index < -0.39 is 17.3 Å². The maximum Gasteiger partial charge on any atom is 0.215 e. The fraction of sp³-hybridized carbons (Fsp3) is 0.0455. The summed E-state index contributed by atoms with van der Waals surface area (Å²) in [5.74, 6) is -2.16. The molecule has 0 saturated heterocycles. The Morgan fingerprint density at radius 2 is 1.66 bits per heavy atom. The van der Waals surface area contributed by atoms with Crippen LogP contribution in [0.2, 0.25) is 0 Å². The van der Waals surface area contributed by atoms with E-state index in [4.69, 9.17) is 4.74 Å². The molecule has 1 aliphatic rings. The summed E-state index contributed by atoms with van der Waals surface area (Å²) in [4.78, 5) is 12.7. The summed E-state index contributed by atoms with van der Waals surface area (Å²) in [6.07, 6.45) is 1.46. The molecule has 0 spiro atoms. The minimum Gasteiger partial charge on any atom is -0.504 e. The molecular formula is C22H17NO6. The molecule has 29 heavy (non-hydrogen) atoms. The highest BCUT2D eigenvalue weighted by atomic mass is 16.5. The van der Waals surface area contributed by atoms with Crippen LogP contribution in [0.15, 0.2) is 60.3 Å². The van der Waals surface area contributed by atoms with Crippen molar-refractivity contribution < 1.29 is 30.0 Å². The Kier molecular flexibility index (Phi) is 4.48. The number of carbonyl (C=O) groups excluding carboxylic acids is 1. The fourth-order valence-electron chi connectivity index (χ4n) is 3.04. The van der Waals surface area contributed by atoms with Gasteiger partial charge in [-0.3, -0.25) is 4.79 Å². The molecule has 7 heteroatoms. The Balaban J connectivity index is 1.63. The average Bonchev–Trinajstić information content (AvgIpc) is 3.02. The average molecular weight is 391 g/mol. The third kappa shape index (κ3) is 3.41. The van der Waals surface area contributed by atoms with Crippen LogP contribution in [-0.4, -0.2) is 26.2 Å². The van der Waals surface area contributed by atoms with Crippen molar-refractivity contribution in [3.8, 4) is 28.7 Å². The Bertz CT molecular complexity index is 1140. The van der Waals surface area contributed by atoms with Gasteiger partial charge in [-0.1, -0.05) is 36.4 Å². The van der Waals surface area contributed by atoms with Gasteiger partial charge in [-0.05, 0) is 29.3 Å². The number of anilines is 1. The first-order valence-corrected chi connectivity index (χ1v) is 8.75. The molecule has 0 bridgehead atoms. The van der Waals surface area contributed by atoms with Gasteiger partial charge in [-0.2, -0.15) is 0 Å². The lowest BCUT2D eigenvalue weighted by Gasteiger charge is -2.11. The molecule has 0 radical (unpaired) electrons. The van der Waals surface area contributed by atoms with E-state index in [1.807, 2.05) is 30.3 Å². The van der Waals surface area contributed by atoms with Gasteiger partial charge < -0.3 is 30.5 Å². The van der Waals surface area contributed by atoms with E-state index >= 15 is 0 Å². The Hall–Kier alpha value is -4.13. The molecule has 7 nitrogen and oxygen atoms in total. The number of benzene rings is 3. The fourth-order valence-corrected chi connectivity index (χ4v) is 3.04. The summed E-state index contributed by atoms with van der Waals surface area (Å²) >= 11 is 0. The summed E-state index contributed by atoms with van der Waals surface area (Å²) in [7, 11) is 0. The van der Waals surface area contributed by atoms with Crippen molar-refractivity contribution in [2.45, 2.75) is 6.61 Å². The Morgan fingerprint density at radius 3 is 2.38 bits per heavy atom. The summed E-state index contributed by atoms with van der Waals surface area (Å²) in [5, 5.41) is 42.5. The number of ketones is 1. The Labute approximate surface area is 165 Å². The summed E-state index contributed by atoms with van der Waals surface area (Å²) < 4.78 is 5.61. The maximum atomic E-state index is 12.7. The van der Waals surface area contributed by atoms with Gasteiger partial charge in [0.25, 0.3) is 0 Å². The third-order valence-electron chi connectivity index (χ3n) is 4.53. The number of nitrogens with one attached hydrogen (secondary N) is 1. The number of phenolic OH excluding ortho intramolecular Hbond substituents is 4. The number of hydrogen-bond acceptors (Lipinski definition) is 7. The highest BCUT2D eigenvalue weighted by molar-refractivity contribution is 6.22. The van der Waals surface area contributed by atoms with Crippen LogP contribution in [0.1, 0.15) is 21.5 Å². The van der Waals surface area contributed by atoms with E-state index in [0.717, 1.165) is 5.56 Å². The maximum absolute atomic E-state index is 12.7. The standard InChI is InChI=1S/C22H17NO6/c24-16-7-6-13(9-17(16)25)8-15-20(26)19-14(23-15)10-18(21(27)22(19)28)29-11-12-4-2-1-3-5-12/h1-10,23-25,27-28H,11H2/b15-8+. The van der Waals surface area contributed by atoms with Crippen LogP contribution in [0.25, 0.3) is 6.08 Å². The molecule has 1 heterocycles. The van der Waals surface area contributed by atoms with Crippen molar-refractivity contribution in [3.63, 3.8) is 0 Å². The van der Waals surface area contributed by atoms with Gasteiger partial charge in [0.15, 0.2) is 23.0 Å². The highest BCUT2D eigenvalue weighted by Gasteiger charge is 2.31. The largest absolute Gasteiger partial charge is 0.504 e. The number of hydrogen-bond donors (Lipinski definition) is 5. The number of allylic oxidation sites excluding steroid dienone is 1. The van der Waals surface area contributed by atoms with Gasteiger partial charge in [-0.15, -0.1) is 0 Å². The third-order valence-corrected chi connectivity index (χ3v) is 4.53. The molecule has 3 aromatic carbocycles. The van der Waals surface area contributed by atoms with Crippen LogP contribution in [0.5, 0.6) is 28.7 Å². The zero-order valence-electron chi connectivity index (χ0n) is 15.1.